The van der Waals surface area contributed by atoms with Crippen LogP contribution < -0.4 is 0 Å². The highest BCUT2D eigenvalue weighted by atomic mass is 19.4. The van der Waals surface area contributed by atoms with Crippen molar-refractivity contribution in [1.82, 2.24) is 15.0 Å². The maximum Gasteiger partial charge on any atom is 0.386 e. The maximum atomic E-state index is 14.8. The number of aromatic nitrogens is 3. The minimum absolute atomic E-state index is 0.723. The van der Waals surface area contributed by atoms with Crippen LogP contribution >= 0.6 is 0 Å². The maximum absolute atomic E-state index is 14.8. The number of alkyl halides is 30. The Balaban J connectivity index is 4.69. The number of rotatable bonds is 18. The molecule has 1 rings (SSSR count). The Morgan fingerprint density at radius 3 is 0.509 bits per heavy atom. The molecule has 0 N–H and O–H groups in total. The highest BCUT2D eigenvalue weighted by molar-refractivity contribution is 5.24. The standard InChI is InChI=1S/C24H9F30N3/c1-4-10(25,26)16(37,38)22(49,50)19(43,44)13(31,32)7-55-8(14(33,34)20(45,46)23(51,52)17(39,40)11(27,28)5-2)57-9(56-7)15(35,36)21(47,48)24(53,54)18(41,42)12(29,30)6-3/h4-6H,1-3H2. The Morgan fingerprint density at radius 1 is 0.246 bits per heavy atom. The summed E-state index contributed by atoms with van der Waals surface area (Å²) >= 11 is 0. The van der Waals surface area contributed by atoms with Gasteiger partial charge >= 0.3 is 88.8 Å². The molecule has 1 aromatic rings. The van der Waals surface area contributed by atoms with Gasteiger partial charge in [-0.15, -0.1) is 0 Å². The lowest BCUT2D eigenvalue weighted by Crippen LogP contribution is -2.67. The van der Waals surface area contributed by atoms with Crippen LogP contribution in [0.4, 0.5) is 132 Å². The normalized spacial score (nSPS) is 16.1. The van der Waals surface area contributed by atoms with E-state index < -0.39 is 125 Å². The number of nitrogens with zero attached hydrogens (tertiary/aromatic N) is 3. The lowest BCUT2D eigenvalue weighted by atomic mass is 9.92. The smallest absolute Gasteiger partial charge is 0.205 e. The largest absolute Gasteiger partial charge is 0.386 e. The topological polar surface area (TPSA) is 38.7 Å². The molecule has 0 spiro atoms. The van der Waals surface area contributed by atoms with Crippen molar-refractivity contribution in [1.29, 1.82) is 0 Å². The van der Waals surface area contributed by atoms with Crippen molar-refractivity contribution >= 4 is 0 Å². The molecule has 0 radical (unpaired) electrons. The third-order valence-electron chi connectivity index (χ3n) is 7.05. The number of hydrogen-bond donors (Lipinski definition) is 0. The van der Waals surface area contributed by atoms with Crippen LogP contribution in [0.3, 0.4) is 0 Å². The van der Waals surface area contributed by atoms with Gasteiger partial charge in [-0.05, 0) is 18.2 Å². The van der Waals surface area contributed by atoms with Crippen molar-refractivity contribution < 1.29 is 132 Å². The fourth-order valence-electron chi connectivity index (χ4n) is 3.41. The third kappa shape index (κ3) is 6.39. The van der Waals surface area contributed by atoms with Gasteiger partial charge in [-0.25, -0.2) is 15.0 Å². The lowest BCUT2D eigenvalue weighted by molar-refractivity contribution is -0.402. The molecule has 0 aliphatic carbocycles. The van der Waals surface area contributed by atoms with E-state index in [1.165, 1.54) is 0 Å². The molecular weight excluding hydrogens is 900 g/mol. The number of halogens is 30. The van der Waals surface area contributed by atoms with Crippen molar-refractivity contribution in [2.24, 2.45) is 0 Å². The van der Waals surface area contributed by atoms with E-state index in [9.17, 15) is 132 Å². The summed E-state index contributed by atoms with van der Waals surface area (Å²) in [5.41, 5.74) is 0. The molecule has 330 valence electrons. The quantitative estimate of drug-likeness (QED) is 0.109. The van der Waals surface area contributed by atoms with Gasteiger partial charge in [0.05, 0.1) is 0 Å². The molecule has 0 saturated heterocycles. The van der Waals surface area contributed by atoms with Gasteiger partial charge in [0.25, 0.3) is 0 Å². The summed E-state index contributed by atoms with van der Waals surface area (Å²) in [6, 6.07) is 0. The van der Waals surface area contributed by atoms with Gasteiger partial charge < -0.3 is 0 Å². The summed E-state index contributed by atoms with van der Waals surface area (Å²) in [4.78, 5) is 2.17. The predicted molar refractivity (Wildman–Crippen MR) is 121 cm³/mol. The minimum Gasteiger partial charge on any atom is -0.205 e. The van der Waals surface area contributed by atoms with E-state index in [2.05, 4.69) is 0 Å². The molecule has 33 heteroatoms. The van der Waals surface area contributed by atoms with E-state index in [1.54, 1.807) is 19.7 Å². The molecule has 1 heterocycles. The van der Waals surface area contributed by atoms with Crippen LogP contribution in [0.1, 0.15) is 17.5 Å². The summed E-state index contributed by atoms with van der Waals surface area (Å²) in [6.45, 7) is 5.04. The predicted octanol–water partition coefficient (Wildman–Crippen LogP) is 11.3. The molecule has 0 atom stereocenters. The second kappa shape index (κ2) is 13.3. The molecule has 0 fully saturated rings. The first kappa shape index (κ1) is 51.1. The summed E-state index contributed by atoms with van der Waals surface area (Å²) in [6.07, 6.45) is -5.22. The summed E-state index contributed by atoms with van der Waals surface area (Å²) in [5.74, 6) is -137. The molecule has 0 bridgehead atoms. The first-order valence-electron chi connectivity index (χ1n) is 12.9. The van der Waals surface area contributed by atoms with Crippen molar-refractivity contribution in [3.8, 4) is 0 Å². The molecule has 0 aromatic carbocycles. The van der Waals surface area contributed by atoms with Crippen LogP contribution in [-0.4, -0.2) is 86.0 Å². The van der Waals surface area contributed by atoms with Crippen molar-refractivity contribution in [3.63, 3.8) is 0 Å². The highest BCUT2D eigenvalue weighted by Crippen LogP contribution is 2.63. The van der Waals surface area contributed by atoms with Crippen LogP contribution in [0.5, 0.6) is 0 Å². The average molecular weight is 909 g/mol. The SMILES string of the molecule is C=CC(F)(F)C(F)(F)C(F)(F)C(F)(F)C(F)(F)c1nc(C(F)(F)C(F)(F)C(F)(F)C(F)(F)C(F)(F)C=C)nc(C(F)(F)C(F)(F)C(F)(F)C(F)(F)C(F)(F)C=C)n1. The zero-order valence-electron chi connectivity index (χ0n) is 25.5. The van der Waals surface area contributed by atoms with E-state index in [4.69, 9.17) is 0 Å². The van der Waals surface area contributed by atoms with Gasteiger partial charge in [-0.1, -0.05) is 19.7 Å². The van der Waals surface area contributed by atoms with Gasteiger partial charge in [0.1, 0.15) is 0 Å². The second-order valence-corrected chi connectivity index (χ2v) is 10.7. The molecular formula is C24H9F30N3. The summed E-state index contributed by atoms with van der Waals surface area (Å²) in [5, 5.41) is 0. The minimum atomic E-state index is -8.77. The molecule has 0 unspecified atom stereocenters. The van der Waals surface area contributed by atoms with Gasteiger partial charge in [0.15, 0.2) is 0 Å². The molecule has 0 aliphatic rings. The van der Waals surface area contributed by atoms with Gasteiger partial charge in [-0.3, -0.25) is 0 Å². The Hall–Kier alpha value is -3.87. The highest BCUT2D eigenvalue weighted by Gasteiger charge is 2.90. The van der Waals surface area contributed by atoms with E-state index in [1.807, 2.05) is 0 Å². The molecule has 0 amide bonds. The van der Waals surface area contributed by atoms with E-state index in [0.29, 0.717) is 0 Å². The number of hydrogen-bond acceptors (Lipinski definition) is 3. The van der Waals surface area contributed by atoms with Crippen LogP contribution in [0.15, 0.2) is 38.0 Å². The molecule has 0 saturated carbocycles. The third-order valence-corrected chi connectivity index (χ3v) is 7.05. The van der Waals surface area contributed by atoms with Gasteiger partial charge in [0.2, 0.25) is 17.5 Å². The lowest BCUT2D eigenvalue weighted by Gasteiger charge is -2.40. The van der Waals surface area contributed by atoms with Crippen molar-refractivity contribution in [2.75, 3.05) is 0 Å². The second-order valence-electron chi connectivity index (χ2n) is 10.7. The van der Waals surface area contributed by atoms with Gasteiger partial charge in [-0.2, -0.15) is 132 Å². The van der Waals surface area contributed by atoms with Crippen LogP contribution in [0, 0.1) is 0 Å². The monoisotopic (exact) mass is 909 g/mol. The fourth-order valence-corrected chi connectivity index (χ4v) is 3.41. The Kier molecular flexibility index (Phi) is 12.0. The summed E-state index contributed by atoms with van der Waals surface area (Å²) < 4.78 is 423. The summed E-state index contributed by atoms with van der Waals surface area (Å²) in [7, 11) is 0. The zero-order chi connectivity index (χ0) is 46.5. The van der Waals surface area contributed by atoms with E-state index in [0.717, 1.165) is 15.0 Å². The average Bonchev–Trinajstić information content (AvgIpc) is 3.06. The Morgan fingerprint density at radius 2 is 0.386 bits per heavy atom. The first-order chi connectivity index (χ1) is 24.5. The van der Waals surface area contributed by atoms with Crippen LogP contribution in [0.2, 0.25) is 0 Å². The van der Waals surface area contributed by atoms with Crippen molar-refractivity contribution in [2.45, 2.75) is 88.8 Å². The fraction of sp³-hybridized carbons (Fsp3) is 0.625. The number of allylic oxidation sites excluding steroid dienone is 3. The zero-order valence-corrected chi connectivity index (χ0v) is 25.5. The van der Waals surface area contributed by atoms with Crippen molar-refractivity contribution in [3.05, 3.63) is 55.4 Å². The molecule has 57 heavy (non-hydrogen) atoms. The van der Waals surface area contributed by atoms with E-state index in [-0.39, 0.29) is 0 Å². The van der Waals surface area contributed by atoms with E-state index >= 15 is 0 Å². The van der Waals surface area contributed by atoms with Crippen LogP contribution in [0.25, 0.3) is 0 Å². The molecule has 3 nitrogen and oxygen atoms in total. The van der Waals surface area contributed by atoms with Gasteiger partial charge in [0, 0.05) is 0 Å². The Bertz CT molecular complexity index is 1500. The van der Waals surface area contributed by atoms with Crippen LogP contribution in [-0.2, 0) is 17.8 Å². The Labute approximate surface area is 292 Å². The molecule has 1 aromatic heterocycles. The molecule has 0 aliphatic heterocycles. The first-order valence-corrected chi connectivity index (χ1v) is 12.9.